The predicted octanol–water partition coefficient (Wildman–Crippen LogP) is 3.23. The number of para-hydroxylation sites is 1. The zero-order chi connectivity index (χ0) is 24.9. The molecule has 0 bridgehead atoms. The maximum absolute atomic E-state index is 13.9. The molecule has 1 amide bonds. The van der Waals surface area contributed by atoms with Crippen molar-refractivity contribution in [3.05, 3.63) is 83.2 Å². The van der Waals surface area contributed by atoms with Crippen molar-refractivity contribution in [1.82, 2.24) is 4.57 Å². The van der Waals surface area contributed by atoms with Gasteiger partial charge in [0.2, 0.25) is 0 Å². The summed E-state index contributed by atoms with van der Waals surface area (Å²) in [6.07, 6.45) is 0. The second-order valence-corrected chi connectivity index (χ2v) is 10.8. The van der Waals surface area contributed by atoms with Gasteiger partial charge < -0.3 is 9.64 Å². The van der Waals surface area contributed by atoms with Crippen LogP contribution in [0.1, 0.15) is 44.2 Å². The Morgan fingerprint density at radius 1 is 1.17 bits per heavy atom. The number of benzene rings is 1. The van der Waals surface area contributed by atoms with Gasteiger partial charge in [-0.1, -0.05) is 49.4 Å². The first-order chi connectivity index (χ1) is 16.8. The molecule has 4 heterocycles. The number of anilines is 1. The molecular formula is C26H25N3O4S2. The van der Waals surface area contributed by atoms with Crippen molar-refractivity contribution in [2.24, 2.45) is 10.9 Å². The third-order valence-electron chi connectivity index (χ3n) is 6.04. The molecule has 9 heteroatoms. The number of rotatable bonds is 5. The highest BCUT2D eigenvalue weighted by Gasteiger charge is 2.37. The van der Waals surface area contributed by atoms with Crippen molar-refractivity contribution in [3.8, 4) is 0 Å². The van der Waals surface area contributed by atoms with Crippen molar-refractivity contribution in [2.45, 2.75) is 33.7 Å². The van der Waals surface area contributed by atoms with Crippen LogP contribution >= 0.6 is 22.7 Å². The number of esters is 1. The van der Waals surface area contributed by atoms with Crippen LogP contribution in [0.2, 0.25) is 0 Å². The van der Waals surface area contributed by atoms with E-state index in [2.05, 4.69) is 4.99 Å². The molecule has 1 aromatic carbocycles. The van der Waals surface area contributed by atoms with E-state index in [1.807, 2.05) is 62.5 Å². The number of hydrogen-bond donors (Lipinski definition) is 0. The summed E-state index contributed by atoms with van der Waals surface area (Å²) in [4.78, 5) is 48.1. The number of likely N-dealkylation sites (N-methyl/N-ethyl adjacent to an activating group) is 1. The van der Waals surface area contributed by atoms with Crippen LogP contribution < -0.4 is 19.8 Å². The summed E-state index contributed by atoms with van der Waals surface area (Å²) >= 11 is 2.66. The van der Waals surface area contributed by atoms with Crippen LogP contribution in [-0.4, -0.2) is 29.6 Å². The Morgan fingerprint density at radius 3 is 2.63 bits per heavy atom. The van der Waals surface area contributed by atoms with E-state index in [9.17, 15) is 14.4 Å². The minimum atomic E-state index is -0.658. The van der Waals surface area contributed by atoms with Gasteiger partial charge in [0.15, 0.2) is 4.80 Å². The Hall–Kier alpha value is -3.30. The summed E-state index contributed by atoms with van der Waals surface area (Å²) in [5.41, 5.74) is 2.47. The van der Waals surface area contributed by atoms with Gasteiger partial charge >= 0.3 is 5.97 Å². The molecule has 0 radical (unpaired) electrons. The van der Waals surface area contributed by atoms with E-state index in [1.54, 1.807) is 16.4 Å². The third-order valence-corrected chi connectivity index (χ3v) is 8.02. The lowest BCUT2D eigenvalue weighted by molar-refractivity contribution is -0.140. The number of hydrogen-bond acceptors (Lipinski definition) is 7. The molecule has 0 unspecified atom stereocenters. The van der Waals surface area contributed by atoms with Crippen LogP contribution in [0.25, 0.3) is 5.57 Å². The highest BCUT2D eigenvalue weighted by molar-refractivity contribution is 7.10. The molecule has 0 N–H and O–H groups in total. The lowest BCUT2D eigenvalue weighted by atomic mass is 10.0. The van der Waals surface area contributed by atoms with E-state index in [1.165, 1.54) is 22.7 Å². The number of allylic oxidation sites excluding steroid dienone is 1. The number of amides is 1. The molecule has 2 aliphatic heterocycles. The first-order valence-electron chi connectivity index (χ1n) is 11.5. The predicted molar refractivity (Wildman–Crippen MR) is 137 cm³/mol. The van der Waals surface area contributed by atoms with Crippen LogP contribution in [0.5, 0.6) is 0 Å². The molecule has 0 aliphatic carbocycles. The fourth-order valence-corrected chi connectivity index (χ4v) is 6.44. The highest BCUT2D eigenvalue weighted by atomic mass is 32.1. The average Bonchev–Trinajstić information content (AvgIpc) is 3.53. The quantitative estimate of drug-likeness (QED) is 0.497. The number of thiazole rings is 1. The fraction of sp³-hybridized carbons (Fsp3) is 0.308. The van der Waals surface area contributed by atoms with Gasteiger partial charge in [0.25, 0.3) is 11.5 Å². The maximum atomic E-state index is 13.9. The molecule has 2 aromatic heterocycles. The number of aromatic nitrogens is 1. The summed E-state index contributed by atoms with van der Waals surface area (Å²) in [6.45, 7) is 8.39. The normalized spacial score (nSPS) is 18.6. The van der Waals surface area contributed by atoms with E-state index in [4.69, 9.17) is 4.74 Å². The highest BCUT2D eigenvalue weighted by Crippen LogP contribution is 2.36. The number of carbonyl (C=O) groups excluding carboxylic acids is 2. The molecule has 0 saturated carbocycles. The Labute approximate surface area is 210 Å². The number of nitrogens with zero attached hydrogens (tertiary/aromatic N) is 3. The summed E-state index contributed by atoms with van der Waals surface area (Å²) in [6, 6.07) is 10.6. The van der Waals surface area contributed by atoms with Crippen molar-refractivity contribution in [3.63, 3.8) is 0 Å². The average molecular weight is 508 g/mol. The number of carbonyl (C=O) groups is 2. The molecule has 3 aromatic rings. The monoisotopic (exact) mass is 507 g/mol. The first kappa shape index (κ1) is 23.4. The number of thiophene rings is 1. The van der Waals surface area contributed by atoms with Gasteiger partial charge in [0, 0.05) is 17.0 Å². The number of fused-ring (bicyclic) bond motifs is 2. The standard InChI is InChI=1S/C26H25N3O4S2/c1-5-28-17-10-7-6-9-16(17)20(23(28)30)22-24(31)29-21(18-11-8-12-34-18)19(15(4)27-26(29)35-22)25(32)33-13-14(2)3/h6-12,14,21H,5,13H2,1-4H3/b22-20-/t21-/m1/s1. The summed E-state index contributed by atoms with van der Waals surface area (Å²) < 4.78 is 7.45. The van der Waals surface area contributed by atoms with Gasteiger partial charge in [-0.25, -0.2) is 9.79 Å². The van der Waals surface area contributed by atoms with Gasteiger partial charge in [-0.05, 0) is 37.3 Å². The summed E-state index contributed by atoms with van der Waals surface area (Å²) in [5, 5.41) is 1.91. The Morgan fingerprint density at radius 2 is 1.94 bits per heavy atom. The topological polar surface area (TPSA) is 81.0 Å². The maximum Gasteiger partial charge on any atom is 0.338 e. The molecule has 180 valence electrons. The van der Waals surface area contributed by atoms with Crippen LogP contribution in [0, 0.1) is 5.92 Å². The second-order valence-electron chi connectivity index (χ2n) is 8.85. The summed E-state index contributed by atoms with van der Waals surface area (Å²) in [5.74, 6) is -0.493. The Balaban J connectivity index is 1.76. The van der Waals surface area contributed by atoms with Crippen LogP contribution in [0.15, 0.2) is 62.8 Å². The van der Waals surface area contributed by atoms with Crippen LogP contribution in [-0.2, 0) is 14.3 Å². The van der Waals surface area contributed by atoms with Crippen molar-refractivity contribution < 1.29 is 14.3 Å². The van der Waals surface area contributed by atoms with Gasteiger partial charge in [-0.15, -0.1) is 11.3 Å². The second kappa shape index (κ2) is 9.05. The van der Waals surface area contributed by atoms with E-state index in [-0.39, 0.29) is 24.0 Å². The van der Waals surface area contributed by atoms with E-state index < -0.39 is 12.0 Å². The van der Waals surface area contributed by atoms with E-state index in [0.717, 1.165) is 16.1 Å². The Bertz CT molecular complexity index is 1540. The van der Waals surface area contributed by atoms with Gasteiger partial charge in [0.1, 0.15) is 10.6 Å². The first-order valence-corrected chi connectivity index (χ1v) is 13.2. The van der Waals surface area contributed by atoms with Crippen molar-refractivity contribution in [1.29, 1.82) is 0 Å². The molecule has 0 spiro atoms. The van der Waals surface area contributed by atoms with Crippen LogP contribution in [0.4, 0.5) is 5.69 Å². The molecule has 2 aliphatic rings. The minimum absolute atomic E-state index is 0.179. The molecular weight excluding hydrogens is 482 g/mol. The Kier molecular flexibility index (Phi) is 6.06. The van der Waals surface area contributed by atoms with Gasteiger partial charge in [0.05, 0.1) is 29.1 Å². The lowest BCUT2D eigenvalue weighted by Gasteiger charge is -2.23. The zero-order valence-electron chi connectivity index (χ0n) is 19.9. The molecule has 5 rings (SSSR count). The summed E-state index contributed by atoms with van der Waals surface area (Å²) in [7, 11) is 0. The van der Waals surface area contributed by atoms with Gasteiger partial charge in [-0.3, -0.25) is 14.2 Å². The third kappa shape index (κ3) is 3.79. The van der Waals surface area contributed by atoms with Gasteiger partial charge in [-0.2, -0.15) is 0 Å². The molecule has 1 atom stereocenters. The fourth-order valence-electron chi connectivity index (χ4n) is 4.48. The molecule has 35 heavy (non-hydrogen) atoms. The molecule has 7 nitrogen and oxygen atoms in total. The minimum Gasteiger partial charge on any atom is -0.462 e. The molecule has 0 saturated heterocycles. The smallest absolute Gasteiger partial charge is 0.338 e. The van der Waals surface area contributed by atoms with E-state index in [0.29, 0.717) is 32.7 Å². The molecule has 0 fully saturated rings. The lowest BCUT2D eigenvalue weighted by Crippen LogP contribution is -2.40. The van der Waals surface area contributed by atoms with Crippen molar-refractivity contribution >= 4 is 45.8 Å². The SMILES string of the molecule is CCN1C(=O)/C(=c2\sc3n(c2=O)[C@H](c2cccs2)C(C(=O)OCC(C)C)=C(C)N=3)c2ccccc21. The zero-order valence-corrected chi connectivity index (χ0v) is 21.5. The van der Waals surface area contributed by atoms with E-state index >= 15 is 0 Å². The largest absolute Gasteiger partial charge is 0.462 e. The van der Waals surface area contributed by atoms with Crippen LogP contribution in [0.3, 0.4) is 0 Å². The number of ether oxygens (including phenoxy) is 1. The van der Waals surface area contributed by atoms with Crippen molar-refractivity contribution in [2.75, 3.05) is 18.1 Å².